The van der Waals surface area contributed by atoms with E-state index in [0.717, 1.165) is 0 Å². The van der Waals surface area contributed by atoms with Crippen molar-refractivity contribution in [3.8, 4) is 0 Å². The molecule has 0 saturated carbocycles. The zero-order valence-corrected chi connectivity index (χ0v) is 15.0. The van der Waals surface area contributed by atoms with Gasteiger partial charge in [0.1, 0.15) is 0 Å². The normalized spacial score (nSPS) is 13.2. The highest BCUT2D eigenvalue weighted by Gasteiger charge is 2.20. The molecule has 0 saturated heterocycles. The van der Waals surface area contributed by atoms with Crippen molar-refractivity contribution < 1.29 is 4.79 Å². The largest absolute Gasteiger partial charge is 0.293 e. The summed E-state index contributed by atoms with van der Waals surface area (Å²) >= 11 is 1.35. The molecule has 0 N–H and O–H groups in total. The molecule has 0 bridgehead atoms. The second-order valence-corrected chi connectivity index (χ2v) is 8.02. The lowest BCUT2D eigenvalue weighted by molar-refractivity contribution is 0.0994. The van der Waals surface area contributed by atoms with E-state index < -0.39 is 0 Å². The first-order valence-electron chi connectivity index (χ1n) is 7.83. The number of Topliss-reactive ketones (excluding diaryl/α,β-unsaturated/α-hetero) is 1. The average Bonchev–Trinajstić information content (AvgIpc) is 2.95. The van der Waals surface area contributed by atoms with E-state index >= 15 is 0 Å². The summed E-state index contributed by atoms with van der Waals surface area (Å²) in [5.74, 6) is 0.612. The lowest BCUT2D eigenvalue weighted by atomic mass is 9.86. The minimum absolute atomic E-state index is 0.0762. The number of rotatable bonds is 4. The van der Waals surface area contributed by atoms with Crippen molar-refractivity contribution in [2.45, 2.75) is 43.5 Å². The van der Waals surface area contributed by atoms with Gasteiger partial charge in [0.2, 0.25) is 5.16 Å². The van der Waals surface area contributed by atoms with Crippen molar-refractivity contribution in [3.63, 3.8) is 0 Å². The number of benzene rings is 1. The van der Waals surface area contributed by atoms with Crippen LogP contribution in [0.1, 0.15) is 43.6 Å². The molecule has 1 aromatic carbocycles. The molecule has 2 heterocycles. The summed E-state index contributed by atoms with van der Waals surface area (Å²) in [5.41, 5.74) is 2.01. The average molecular weight is 340 g/mol. The number of fused-ring (bicyclic) bond motifs is 1. The van der Waals surface area contributed by atoms with Crippen LogP contribution >= 0.6 is 11.8 Å². The molecule has 0 unspecified atom stereocenters. The Balaban J connectivity index is 1.74. The lowest BCUT2D eigenvalue weighted by Gasteiger charge is -2.19. The van der Waals surface area contributed by atoms with Crippen molar-refractivity contribution in [3.05, 3.63) is 53.9 Å². The summed E-state index contributed by atoms with van der Waals surface area (Å²) in [6.07, 6.45) is 3.46. The maximum Gasteiger partial charge on any atom is 0.253 e. The number of carbonyl (C=O) groups is 1. The van der Waals surface area contributed by atoms with Gasteiger partial charge in [0.15, 0.2) is 5.78 Å². The van der Waals surface area contributed by atoms with Gasteiger partial charge in [0.25, 0.3) is 5.78 Å². The van der Waals surface area contributed by atoms with Gasteiger partial charge in [-0.3, -0.25) is 4.79 Å². The van der Waals surface area contributed by atoms with Crippen molar-refractivity contribution in [2.75, 3.05) is 0 Å². The molecule has 2 aromatic heterocycles. The molecule has 0 aliphatic heterocycles. The number of thioether (sulfide) groups is 1. The highest BCUT2D eigenvalue weighted by atomic mass is 32.2. The first-order valence-corrected chi connectivity index (χ1v) is 8.71. The molecule has 5 nitrogen and oxygen atoms in total. The van der Waals surface area contributed by atoms with E-state index in [0.29, 0.717) is 16.5 Å². The molecule has 0 fully saturated rings. The Kier molecular flexibility index (Phi) is 4.41. The third-order valence-corrected chi connectivity index (χ3v) is 4.74. The fraction of sp³-hybridized carbons (Fsp3) is 0.333. The Bertz CT molecular complexity index is 832. The zero-order chi connectivity index (χ0) is 17.3. The predicted molar refractivity (Wildman–Crippen MR) is 95.6 cm³/mol. The van der Waals surface area contributed by atoms with Crippen molar-refractivity contribution >= 4 is 23.3 Å². The lowest BCUT2D eigenvalue weighted by Crippen LogP contribution is -2.15. The quantitative estimate of drug-likeness (QED) is 0.534. The number of carbonyl (C=O) groups excluding carboxylic acids is 1. The molecule has 0 radical (unpaired) electrons. The van der Waals surface area contributed by atoms with E-state index in [4.69, 9.17) is 0 Å². The van der Waals surface area contributed by atoms with E-state index in [9.17, 15) is 4.79 Å². The second-order valence-electron chi connectivity index (χ2n) is 6.71. The van der Waals surface area contributed by atoms with E-state index in [1.807, 2.05) is 31.2 Å². The van der Waals surface area contributed by atoms with Crippen LogP contribution in [0.5, 0.6) is 0 Å². The van der Waals surface area contributed by atoms with Crippen LogP contribution in [0.25, 0.3) is 5.78 Å². The van der Waals surface area contributed by atoms with Gasteiger partial charge < -0.3 is 0 Å². The minimum atomic E-state index is -0.261. The molecule has 0 aliphatic rings. The SMILES string of the molecule is C[C@H](Sc1nc2ncccn2n1)C(=O)c1ccc(C(C)(C)C)cc1. The van der Waals surface area contributed by atoms with Crippen LogP contribution in [0.2, 0.25) is 0 Å². The third kappa shape index (κ3) is 3.48. The Morgan fingerprint density at radius 1 is 1.21 bits per heavy atom. The molecule has 0 aliphatic carbocycles. The maximum absolute atomic E-state index is 12.6. The van der Waals surface area contributed by atoms with Crippen LogP contribution in [0.3, 0.4) is 0 Å². The maximum atomic E-state index is 12.6. The topological polar surface area (TPSA) is 60.1 Å². The van der Waals surface area contributed by atoms with Gasteiger partial charge >= 0.3 is 0 Å². The van der Waals surface area contributed by atoms with Crippen molar-refractivity contribution in [2.24, 2.45) is 0 Å². The molecule has 0 spiro atoms. The highest BCUT2D eigenvalue weighted by molar-refractivity contribution is 8.00. The first-order chi connectivity index (χ1) is 11.3. The number of hydrogen-bond donors (Lipinski definition) is 0. The highest BCUT2D eigenvalue weighted by Crippen LogP contribution is 2.25. The zero-order valence-electron chi connectivity index (χ0n) is 14.2. The number of ketones is 1. The fourth-order valence-corrected chi connectivity index (χ4v) is 3.17. The Labute approximate surface area is 145 Å². The van der Waals surface area contributed by atoms with Gasteiger partial charge in [0, 0.05) is 18.0 Å². The molecule has 3 rings (SSSR count). The van der Waals surface area contributed by atoms with Crippen LogP contribution < -0.4 is 0 Å². The fourth-order valence-electron chi connectivity index (χ4n) is 2.34. The predicted octanol–water partition coefficient (Wildman–Crippen LogP) is 3.79. The molecule has 3 aromatic rings. The van der Waals surface area contributed by atoms with E-state index in [-0.39, 0.29) is 16.4 Å². The molecule has 124 valence electrons. The van der Waals surface area contributed by atoms with E-state index in [1.165, 1.54) is 17.3 Å². The molecule has 0 amide bonds. The summed E-state index contributed by atoms with van der Waals surface area (Å²) in [4.78, 5) is 21.1. The van der Waals surface area contributed by atoms with Crippen LogP contribution in [0.15, 0.2) is 47.9 Å². The summed E-state index contributed by atoms with van der Waals surface area (Å²) in [6.45, 7) is 8.35. The number of nitrogens with zero attached hydrogens (tertiary/aromatic N) is 4. The third-order valence-electron chi connectivity index (χ3n) is 3.78. The molecular formula is C18H20N4OS. The van der Waals surface area contributed by atoms with Crippen molar-refractivity contribution in [1.29, 1.82) is 0 Å². The number of hydrogen-bond acceptors (Lipinski definition) is 5. The summed E-state index contributed by atoms with van der Waals surface area (Å²) < 4.78 is 1.61. The Morgan fingerprint density at radius 3 is 2.54 bits per heavy atom. The Morgan fingerprint density at radius 2 is 1.92 bits per heavy atom. The van der Waals surface area contributed by atoms with Crippen LogP contribution in [0, 0.1) is 0 Å². The van der Waals surface area contributed by atoms with E-state index in [1.54, 1.807) is 23.0 Å². The molecular weight excluding hydrogens is 320 g/mol. The van der Waals surface area contributed by atoms with Crippen LogP contribution in [-0.2, 0) is 5.41 Å². The van der Waals surface area contributed by atoms with Gasteiger partial charge in [-0.2, -0.15) is 4.98 Å². The number of aromatic nitrogens is 4. The monoisotopic (exact) mass is 340 g/mol. The molecule has 6 heteroatoms. The molecule has 24 heavy (non-hydrogen) atoms. The minimum Gasteiger partial charge on any atom is -0.293 e. The van der Waals surface area contributed by atoms with Gasteiger partial charge in [0.05, 0.1) is 5.25 Å². The Hall–Kier alpha value is -2.21. The van der Waals surface area contributed by atoms with Gasteiger partial charge in [-0.05, 0) is 24.0 Å². The first kappa shape index (κ1) is 16.6. The standard InChI is InChI=1S/C18H20N4OS/c1-12(24-17-20-16-19-10-5-11-22(16)21-17)15(23)13-6-8-14(9-7-13)18(2,3)4/h5-12H,1-4H3/t12-/m0/s1. The van der Waals surface area contributed by atoms with Crippen molar-refractivity contribution in [1.82, 2.24) is 19.6 Å². The van der Waals surface area contributed by atoms with Gasteiger partial charge in [-0.1, -0.05) is 56.8 Å². The second kappa shape index (κ2) is 6.36. The van der Waals surface area contributed by atoms with Crippen LogP contribution in [0.4, 0.5) is 0 Å². The van der Waals surface area contributed by atoms with Gasteiger partial charge in [-0.15, -0.1) is 5.10 Å². The summed E-state index contributed by atoms with van der Waals surface area (Å²) in [7, 11) is 0. The summed E-state index contributed by atoms with van der Waals surface area (Å²) in [5, 5.41) is 4.62. The smallest absolute Gasteiger partial charge is 0.253 e. The summed E-state index contributed by atoms with van der Waals surface area (Å²) in [6, 6.07) is 9.65. The van der Waals surface area contributed by atoms with E-state index in [2.05, 4.69) is 35.8 Å². The molecule has 1 atom stereocenters. The van der Waals surface area contributed by atoms with Gasteiger partial charge in [-0.25, -0.2) is 9.50 Å². The van der Waals surface area contributed by atoms with Crippen LogP contribution in [-0.4, -0.2) is 30.6 Å².